The van der Waals surface area contributed by atoms with E-state index in [4.69, 9.17) is 4.74 Å². The van der Waals surface area contributed by atoms with Gasteiger partial charge in [0.15, 0.2) is 0 Å². The molecule has 0 aliphatic rings. The highest BCUT2D eigenvalue weighted by molar-refractivity contribution is 5.62. The van der Waals surface area contributed by atoms with Gasteiger partial charge in [0.25, 0.3) is 5.69 Å². The summed E-state index contributed by atoms with van der Waals surface area (Å²) in [5, 5.41) is 10.8. The standard InChI is InChI=1S/C11H14N2O3/c1-12(2)7-6-9-8-10(16-3)4-5-11(9)13(14)15/h4-8H,1-3H3/b7-6+. The van der Waals surface area contributed by atoms with Gasteiger partial charge in [0.05, 0.1) is 17.6 Å². The molecule has 16 heavy (non-hydrogen) atoms. The maximum Gasteiger partial charge on any atom is 0.276 e. The van der Waals surface area contributed by atoms with E-state index in [1.165, 1.54) is 13.2 Å². The van der Waals surface area contributed by atoms with Gasteiger partial charge in [0.1, 0.15) is 5.75 Å². The number of hydrogen-bond acceptors (Lipinski definition) is 4. The molecule has 86 valence electrons. The highest BCUT2D eigenvalue weighted by Gasteiger charge is 2.11. The van der Waals surface area contributed by atoms with Gasteiger partial charge in [-0.2, -0.15) is 0 Å². The van der Waals surface area contributed by atoms with Crippen molar-refractivity contribution >= 4 is 11.8 Å². The zero-order valence-electron chi connectivity index (χ0n) is 9.51. The van der Waals surface area contributed by atoms with Crippen LogP contribution in [0.15, 0.2) is 24.4 Å². The Hall–Kier alpha value is -2.04. The second-order valence-electron chi connectivity index (χ2n) is 3.46. The van der Waals surface area contributed by atoms with Crippen molar-refractivity contribution in [2.75, 3.05) is 21.2 Å². The molecule has 0 radical (unpaired) electrons. The first-order chi connectivity index (χ1) is 7.54. The Labute approximate surface area is 94.1 Å². The van der Waals surface area contributed by atoms with E-state index in [0.29, 0.717) is 11.3 Å². The summed E-state index contributed by atoms with van der Waals surface area (Å²) in [4.78, 5) is 12.2. The quantitative estimate of drug-likeness (QED) is 0.578. The van der Waals surface area contributed by atoms with Gasteiger partial charge in [0, 0.05) is 20.2 Å². The minimum Gasteiger partial charge on any atom is -0.497 e. The van der Waals surface area contributed by atoms with E-state index >= 15 is 0 Å². The number of hydrogen-bond donors (Lipinski definition) is 0. The number of methoxy groups -OCH3 is 1. The summed E-state index contributed by atoms with van der Waals surface area (Å²) in [7, 11) is 5.23. The zero-order valence-corrected chi connectivity index (χ0v) is 9.51. The van der Waals surface area contributed by atoms with Crippen LogP contribution in [0.25, 0.3) is 6.08 Å². The van der Waals surface area contributed by atoms with Crippen LogP contribution in [0.4, 0.5) is 5.69 Å². The molecule has 0 aromatic heterocycles. The summed E-state index contributed by atoms with van der Waals surface area (Å²) in [5.41, 5.74) is 0.594. The van der Waals surface area contributed by atoms with Crippen LogP contribution in [0.3, 0.4) is 0 Å². The van der Waals surface area contributed by atoms with E-state index in [2.05, 4.69) is 0 Å². The fourth-order valence-corrected chi connectivity index (χ4v) is 1.19. The lowest BCUT2D eigenvalue weighted by Gasteiger charge is -2.05. The first-order valence-electron chi connectivity index (χ1n) is 4.71. The molecule has 5 heteroatoms. The third-order valence-electron chi connectivity index (χ3n) is 1.98. The molecule has 0 aliphatic carbocycles. The van der Waals surface area contributed by atoms with Crippen LogP contribution < -0.4 is 4.74 Å². The molecule has 0 aliphatic heterocycles. The number of rotatable bonds is 4. The molecular formula is C11H14N2O3. The average Bonchev–Trinajstić information content (AvgIpc) is 2.25. The van der Waals surface area contributed by atoms with E-state index in [1.54, 1.807) is 24.4 Å². The van der Waals surface area contributed by atoms with E-state index in [1.807, 2.05) is 19.0 Å². The van der Waals surface area contributed by atoms with E-state index in [0.717, 1.165) is 0 Å². The maximum absolute atomic E-state index is 10.8. The van der Waals surface area contributed by atoms with Gasteiger partial charge in [-0.1, -0.05) is 0 Å². The molecule has 0 heterocycles. The topological polar surface area (TPSA) is 55.6 Å². The van der Waals surface area contributed by atoms with Crippen molar-refractivity contribution in [3.05, 3.63) is 40.1 Å². The van der Waals surface area contributed by atoms with Gasteiger partial charge >= 0.3 is 0 Å². The highest BCUT2D eigenvalue weighted by atomic mass is 16.6. The summed E-state index contributed by atoms with van der Waals surface area (Å²) in [5.74, 6) is 0.601. The highest BCUT2D eigenvalue weighted by Crippen LogP contribution is 2.25. The third kappa shape index (κ3) is 2.98. The molecule has 0 atom stereocenters. The van der Waals surface area contributed by atoms with E-state index in [9.17, 15) is 10.1 Å². The SMILES string of the molecule is COc1ccc([N+](=O)[O-])c(/C=C/N(C)C)c1. The van der Waals surface area contributed by atoms with Crippen molar-refractivity contribution in [2.45, 2.75) is 0 Å². The fraction of sp³-hybridized carbons (Fsp3) is 0.273. The second-order valence-corrected chi connectivity index (χ2v) is 3.46. The van der Waals surface area contributed by atoms with Crippen molar-refractivity contribution in [1.82, 2.24) is 4.90 Å². The van der Waals surface area contributed by atoms with Crippen molar-refractivity contribution in [3.8, 4) is 5.75 Å². The Bertz CT molecular complexity index is 414. The normalized spacial score (nSPS) is 10.4. The van der Waals surface area contributed by atoms with Gasteiger partial charge in [-0.25, -0.2) is 0 Å². The molecule has 0 N–H and O–H groups in total. The third-order valence-corrected chi connectivity index (χ3v) is 1.98. The van der Waals surface area contributed by atoms with E-state index < -0.39 is 4.92 Å². The molecule has 5 nitrogen and oxygen atoms in total. The van der Waals surface area contributed by atoms with Crippen molar-refractivity contribution < 1.29 is 9.66 Å². The zero-order chi connectivity index (χ0) is 12.1. The van der Waals surface area contributed by atoms with Crippen LogP contribution >= 0.6 is 0 Å². The monoisotopic (exact) mass is 222 g/mol. The predicted octanol–water partition coefficient (Wildman–Crippen LogP) is 2.14. The number of ether oxygens (including phenoxy) is 1. The van der Waals surface area contributed by atoms with Crippen LogP contribution in [-0.4, -0.2) is 31.0 Å². The van der Waals surface area contributed by atoms with E-state index in [-0.39, 0.29) is 5.69 Å². The Morgan fingerprint density at radius 3 is 2.62 bits per heavy atom. The van der Waals surface area contributed by atoms with Crippen molar-refractivity contribution in [2.24, 2.45) is 0 Å². The Morgan fingerprint density at radius 1 is 1.44 bits per heavy atom. The maximum atomic E-state index is 10.8. The Balaban J connectivity index is 3.15. The molecule has 0 amide bonds. The first-order valence-corrected chi connectivity index (χ1v) is 4.71. The molecule has 1 aromatic rings. The number of nitrogens with zero attached hydrogens (tertiary/aromatic N) is 2. The lowest BCUT2D eigenvalue weighted by Crippen LogP contribution is -2.00. The molecule has 0 saturated carbocycles. The number of benzene rings is 1. The molecule has 0 bridgehead atoms. The lowest BCUT2D eigenvalue weighted by atomic mass is 10.1. The van der Waals surface area contributed by atoms with Gasteiger partial charge in [-0.3, -0.25) is 10.1 Å². The molecule has 1 rings (SSSR count). The van der Waals surface area contributed by atoms with Crippen molar-refractivity contribution in [1.29, 1.82) is 0 Å². The molecule has 1 aromatic carbocycles. The van der Waals surface area contributed by atoms with Crippen molar-refractivity contribution in [3.63, 3.8) is 0 Å². The Kier molecular flexibility index (Phi) is 3.88. The number of nitro groups is 1. The minimum atomic E-state index is -0.408. The van der Waals surface area contributed by atoms with Crippen LogP contribution in [0.1, 0.15) is 5.56 Å². The molecular weight excluding hydrogens is 208 g/mol. The minimum absolute atomic E-state index is 0.0684. The summed E-state index contributed by atoms with van der Waals surface area (Å²) >= 11 is 0. The van der Waals surface area contributed by atoms with Gasteiger partial charge < -0.3 is 9.64 Å². The van der Waals surface area contributed by atoms with Gasteiger partial charge in [-0.15, -0.1) is 0 Å². The summed E-state index contributed by atoms with van der Waals surface area (Å²) in [6.45, 7) is 0. The summed E-state index contributed by atoms with van der Waals surface area (Å²) in [6, 6.07) is 4.65. The predicted molar refractivity (Wildman–Crippen MR) is 62.4 cm³/mol. The fourth-order valence-electron chi connectivity index (χ4n) is 1.19. The average molecular weight is 222 g/mol. The van der Waals surface area contributed by atoms with Crippen LogP contribution in [0.5, 0.6) is 5.75 Å². The molecule has 0 spiro atoms. The first kappa shape index (κ1) is 12.0. The van der Waals surface area contributed by atoms with Crippen LogP contribution in [0.2, 0.25) is 0 Å². The van der Waals surface area contributed by atoms with Crippen LogP contribution in [-0.2, 0) is 0 Å². The smallest absolute Gasteiger partial charge is 0.276 e. The summed E-state index contributed by atoms with van der Waals surface area (Å²) in [6.07, 6.45) is 3.43. The van der Waals surface area contributed by atoms with Crippen LogP contribution in [0, 0.1) is 10.1 Å². The molecule has 0 fully saturated rings. The summed E-state index contributed by atoms with van der Waals surface area (Å²) < 4.78 is 5.03. The number of nitro benzene ring substituents is 1. The Morgan fingerprint density at radius 2 is 2.12 bits per heavy atom. The van der Waals surface area contributed by atoms with Gasteiger partial charge in [0.2, 0.25) is 0 Å². The molecule has 0 unspecified atom stereocenters. The lowest BCUT2D eigenvalue weighted by molar-refractivity contribution is -0.385. The van der Waals surface area contributed by atoms with Gasteiger partial charge in [-0.05, 0) is 24.4 Å². The molecule has 0 saturated heterocycles. The largest absolute Gasteiger partial charge is 0.497 e. The second kappa shape index (κ2) is 5.16.